The van der Waals surface area contributed by atoms with Crippen LogP contribution in [0.25, 0.3) is 0 Å². The predicted octanol–water partition coefficient (Wildman–Crippen LogP) is 2.68. The number of rotatable bonds is 6. The van der Waals surface area contributed by atoms with Crippen molar-refractivity contribution in [1.29, 1.82) is 0 Å². The Labute approximate surface area is 115 Å². The fraction of sp³-hybridized carbons (Fsp3) is 0.308. The van der Waals surface area contributed by atoms with E-state index in [0.717, 1.165) is 29.4 Å². The summed E-state index contributed by atoms with van der Waals surface area (Å²) in [6.45, 7) is 2.97. The molecule has 0 spiro atoms. The standard InChI is InChI=1S/C13H15N3O2S/c1-2-7-16-12(14-9-15-16)8-19-11-5-3-10(4-6-11)13(17)18/h3-6,9H,2,7-8H2,1H3,(H,17,18). The first-order valence-electron chi connectivity index (χ1n) is 6.03. The number of aromatic carboxylic acids is 1. The second-order valence-corrected chi connectivity index (χ2v) is 5.07. The van der Waals surface area contributed by atoms with Gasteiger partial charge in [-0.25, -0.2) is 14.5 Å². The topological polar surface area (TPSA) is 68.0 Å². The van der Waals surface area contributed by atoms with Crippen LogP contribution in [0.1, 0.15) is 29.5 Å². The Morgan fingerprint density at radius 3 is 2.74 bits per heavy atom. The van der Waals surface area contributed by atoms with Crippen LogP contribution in [0.2, 0.25) is 0 Å². The Kier molecular flexibility index (Phi) is 4.57. The van der Waals surface area contributed by atoms with E-state index in [-0.39, 0.29) is 0 Å². The molecule has 0 aliphatic rings. The third-order valence-electron chi connectivity index (χ3n) is 2.60. The zero-order valence-electron chi connectivity index (χ0n) is 10.6. The molecule has 1 heterocycles. The van der Waals surface area contributed by atoms with Crippen LogP contribution >= 0.6 is 11.8 Å². The van der Waals surface area contributed by atoms with E-state index < -0.39 is 5.97 Å². The molecule has 0 fully saturated rings. The first kappa shape index (κ1) is 13.6. The van der Waals surface area contributed by atoms with Crippen LogP contribution in [0.15, 0.2) is 35.5 Å². The van der Waals surface area contributed by atoms with Gasteiger partial charge in [-0.15, -0.1) is 11.8 Å². The Bertz CT molecular complexity index is 551. The molecule has 0 saturated heterocycles. The van der Waals surface area contributed by atoms with Crippen molar-refractivity contribution >= 4 is 17.7 Å². The lowest BCUT2D eigenvalue weighted by molar-refractivity contribution is 0.0697. The normalized spacial score (nSPS) is 10.6. The summed E-state index contributed by atoms with van der Waals surface area (Å²) in [7, 11) is 0. The summed E-state index contributed by atoms with van der Waals surface area (Å²) in [6.07, 6.45) is 2.59. The van der Waals surface area contributed by atoms with Crippen molar-refractivity contribution in [2.45, 2.75) is 30.5 Å². The molecule has 1 aromatic heterocycles. The molecule has 0 amide bonds. The number of carboxylic acids is 1. The smallest absolute Gasteiger partial charge is 0.335 e. The van der Waals surface area contributed by atoms with Gasteiger partial charge in [-0.2, -0.15) is 5.10 Å². The van der Waals surface area contributed by atoms with Gasteiger partial charge < -0.3 is 5.11 Å². The molecule has 19 heavy (non-hydrogen) atoms. The molecule has 0 aliphatic carbocycles. The lowest BCUT2D eigenvalue weighted by Gasteiger charge is -2.04. The number of aromatic nitrogens is 3. The highest BCUT2D eigenvalue weighted by molar-refractivity contribution is 7.98. The van der Waals surface area contributed by atoms with Gasteiger partial charge in [0.05, 0.1) is 11.3 Å². The summed E-state index contributed by atoms with van der Waals surface area (Å²) in [5.41, 5.74) is 0.304. The Balaban J connectivity index is 1.98. The summed E-state index contributed by atoms with van der Waals surface area (Å²) in [4.78, 5) is 16.0. The van der Waals surface area contributed by atoms with Gasteiger partial charge in [0, 0.05) is 11.4 Å². The zero-order chi connectivity index (χ0) is 13.7. The van der Waals surface area contributed by atoms with Gasteiger partial charge in [0.2, 0.25) is 0 Å². The number of carbonyl (C=O) groups is 1. The van der Waals surface area contributed by atoms with Gasteiger partial charge in [0.25, 0.3) is 0 Å². The van der Waals surface area contributed by atoms with Gasteiger partial charge in [-0.3, -0.25) is 0 Å². The van der Waals surface area contributed by atoms with Gasteiger partial charge in [0.15, 0.2) is 0 Å². The number of hydrogen-bond donors (Lipinski definition) is 1. The van der Waals surface area contributed by atoms with E-state index in [0.29, 0.717) is 5.56 Å². The molecule has 1 aromatic carbocycles. The molecule has 5 nitrogen and oxygen atoms in total. The third kappa shape index (κ3) is 3.57. The predicted molar refractivity (Wildman–Crippen MR) is 73.3 cm³/mol. The number of benzene rings is 1. The highest BCUT2D eigenvalue weighted by Gasteiger charge is 2.06. The molecule has 0 aliphatic heterocycles. The average Bonchev–Trinajstić information content (AvgIpc) is 2.85. The van der Waals surface area contributed by atoms with Crippen molar-refractivity contribution in [2.75, 3.05) is 0 Å². The lowest BCUT2D eigenvalue weighted by atomic mass is 10.2. The number of nitrogens with zero attached hydrogens (tertiary/aromatic N) is 3. The van der Waals surface area contributed by atoms with Gasteiger partial charge >= 0.3 is 5.97 Å². The molecule has 0 unspecified atom stereocenters. The molecule has 0 radical (unpaired) electrons. The SMILES string of the molecule is CCCn1ncnc1CSc1ccc(C(=O)O)cc1. The Morgan fingerprint density at radius 1 is 1.37 bits per heavy atom. The van der Waals surface area contributed by atoms with Crippen molar-refractivity contribution in [3.63, 3.8) is 0 Å². The van der Waals surface area contributed by atoms with Crippen molar-refractivity contribution in [3.05, 3.63) is 42.0 Å². The molecular weight excluding hydrogens is 262 g/mol. The van der Waals surface area contributed by atoms with Crippen LogP contribution < -0.4 is 0 Å². The molecule has 0 bridgehead atoms. The van der Waals surface area contributed by atoms with Crippen molar-refractivity contribution in [2.24, 2.45) is 0 Å². The fourth-order valence-corrected chi connectivity index (χ4v) is 2.49. The largest absolute Gasteiger partial charge is 0.478 e. The van der Waals surface area contributed by atoms with Gasteiger partial charge in [0.1, 0.15) is 12.2 Å². The summed E-state index contributed by atoms with van der Waals surface area (Å²) in [5.74, 6) is 0.764. The second-order valence-electron chi connectivity index (χ2n) is 4.02. The maximum atomic E-state index is 10.7. The van der Waals surface area contributed by atoms with Crippen molar-refractivity contribution in [1.82, 2.24) is 14.8 Å². The van der Waals surface area contributed by atoms with Crippen LogP contribution in [-0.2, 0) is 12.3 Å². The van der Waals surface area contributed by atoms with E-state index in [2.05, 4.69) is 17.0 Å². The first-order chi connectivity index (χ1) is 9.20. The Hall–Kier alpha value is -1.82. The third-order valence-corrected chi connectivity index (χ3v) is 3.61. The highest BCUT2D eigenvalue weighted by atomic mass is 32.2. The van der Waals surface area contributed by atoms with Crippen molar-refractivity contribution in [3.8, 4) is 0 Å². The second kappa shape index (κ2) is 6.38. The molecule has 1 N–H and O–H groups in total. The monoisotopic (exact) mass is 277 g/mol. The number of thioether (sulfide) groups is 1. The van der Waals surface area contributed by atoms with Gasteiger partial charge in [-0.05, 0) is 30.7 Å². The van der Waals surface area contributed by atoms with Crippen LogP contribution in [0.4, 0.5) is 0 Å². The Morgan fingerprint density at radius 2 is 2.11 bits per heavy atom. The van der Waals surface area contributed by atoms with Crippen LogP contribution in [0.3, 0.4) is 0 Å². The maximum absolute atomic E-state index is 10.7. The minimum absolute atomic E-state index is 0.304. The van der Waals surface area contributed by atoms with E-state index in [1.807, 2.05) is 16.8 Å². The number of aryl methyl sites for hydroxylation is 1. The molecule has 6 heteroatoms. The van der Waals surface area contributed by atoms with Crippen molar-refractivity contribution < 1.29 is 9.90 Å². The number of carboxylic acid groups (broad SMARTS) is 1. The quantitative estimate of drug-likeness (QED) is 0.822. The van der Waals surface area contributed by atoms with E-state index in [9.17, 15) is 4.79 Å². The summed E-state index contributed by atoms with van der Waals surface area (Å²) < 4.78 is 1.90. The summed E-state index contributed by atoms with van der Waals surface area (Å²) >= 11 is 1.62. The minimum atomic E-state index is -0.903. The fourth-order valence-electron chi connectivity index (χ4n) is 1.64. The van der Waals surface area contributed by atoms with E-state index in [4.69, 9.17) is 5.11 Å². The van der Waals surface area contributed by atoms with Crippen LogP contribution in [-0.4, -0.2) is 25.8 Å². The molecule has 0 atom stereocenters. The highest BCUT2D eigenvalue weighted by Crippen LogP contribution is 2.22. The summed E-state index contributed by atoms with van der Waals surface area (Å²) in [5, 5.41) is 13.0. The molecule has 0 saturated carbocycles. The lowest BCUT2D eigenvalue weighted by Crippen LogP contribution is -2.04. The van der Waals surface area contributed by atoms with E-state index in [1.165, 1.54) is 0 Å². The molecule has 2 rings (SSSR count). The number of hydrogen-bond acceptors (Lipinski definition) is 4. The summed E-state index contributed by atoms with van der Waals surface area (Å²) in [6, 6.07) is 6.85. The molecular formula is C13H15N3O2S. The van der Waals surface area contributed by atoms with Gasteiger partial charge in [-0.1, -0.05) is 6.92 Å². The average molecular weight is 277 g/mol. The zero-order valence-corrected chi connectivity index (χ0v) is 11.4. The molecule has 100 valence electrons. The minimum Gasteiger partial charge on any atom is -0.478 e. The van der Waals surface area contributed by atoms with E-state index in [1.54, 1.807) is 30.2 Å². The van der Waals surface area contributed by atoms with E-state index >= 15 is 0 Å². The maximum Gasteiger partial charge on any atom is 0.335 e. The first-order valence-corrected chi connectivity index (χ1v) is 7.02. The van der Waals surface area contributed by atoms with Crippen LogP contribution in [0, 0.1) is 0 Å². The molecule has 2 aromatic rings. The van der Waals surface area contributed by atoms with Crippen LogP contribution in [0.5, 0.6) is 0 Å².